The molecule has 0 bridgehead atoms. The van der Waals surface area contributed by atoms with Gasteiger partial charge in [-0.05, 0) is 48.9 Å². The molecule has 3 aromatic rings. The molecular weight excluding hydrogens is 283 g/mol. The lowest BCUT2D eigenvalue weighted by Crippen LogP contribution is -2.19. The van der Waals surface area contributed by atoms with E-state index in [9.17, 15) is 14.0 Å². The number of aryl methyl sites for hydroxylation is 1. The number of hydrogen-bond donors (Lipinski definition) is 1. The normalized spacial score (nSPS) is 10.8. The summed E-state index contributed by atoms with van der Waals surface area (Å²) in [6.07, 6.45) is -0.120. The van der Waals surface area contributed by atoms with Crippen molar-refractivity contribution in [1.82, 2.24) is 9.97 Å². The van der Waals surface area contributed by atoms with Crippen LogP contribution in [0.4, 0.5) is 4.39 Å². The van der Waals surface area contributed by atoms with E-state index in [-0.39, 0.29) is 23.5 Å². The molecule has 0 aliphatic carbocycles. The molecule has 3 rings (SSSR count). The summed E-state index contributed by atoms with van der Waals surface area (Å²) in [5.74, 6) is -0.682. The van der Waals surface area contributed by atoms with Crippen LogP contribution in [0, 0.1) is 12.7 Å². The predicted molar refractivity (Wildman–Crippen MR) is 81.5 cm³/mol. The van der Waals surface area contributed by atoms with Gasteiger partial charge in [-0.1, -0.05) is 6.07 Å². The van der Waals surface area contributed by atoms with E-state index in [1.165, 1.54) is 24.3 Å². The molecule has 0 fully saturated rings. The molecular formula is C17H13FN2O2. The van der Waals surface area contributed by atoms with Gasteiger partial charge in [0, 0.05) is 5.56 Å². The number of carbonyl (C=O) groups excluding carboxylic acids is 1. The summed E-state index contributed by atoms with van der Waals surface area (Å²) in [4.78, 5) is 31.2. The second-order valence-electron chi connectivity index (χ2n) is 5.14. The molecule has 5 heteroatoms. The smallest absolute Gasteiger partial charge is 0.270 e. The molecule has 0 amide bonds. The maximum absolute atomic E-state index is 12.9. The molecule has 4 nitrogen and oxygen atoms in total. The number of ketones is 1. The van der Waals surface area contributed by atoms with Crippen molar-refractivity contribution in [2.45, 2.75) is 13.3 Å². The van der Waals surface area contributed by atoms with Gasteiger partial charge >= 0.3 is 0 Å². The third-order valence-corrected chi connectivity index (χ3v) is 3.41. The molecule has 0 spiro atoms. The van der Waals surface area contributed by atoms with Crippen molar-refractivity contribution < 1.29 is 9.18 Å². The van der Waals surface area contributed by atoms with Crippen LogP contribution < -0.4 is 5.56 Å². The SMILES string of the molecule is Cc1ccc2nc(CC(=O)c3ccc(F)cc3)c(=O)[nH]c2c1. The van der Waals surface area contributed by atoms with Crippen LogP contribution in [0.2, 0.25) is 0 Å². The van der Waals surface area contributed by atoms with Crippen LogP contribution in [0.15, 0.2) is 47.3 Å². The molecule has 0 aliphatic heterocycles. The van der Waals surface area contributed by atoms with E-state index in [4.69, 9.17) is 0 Å². The Kier molecular flexibility index (Phi) is 3.55. The Bertz CT molecular complexity index is 914. The van der Waals surface area contributed by atoms with Crippen LogP contribution in [0.25, 0.3) is 11.0 Å². The van der Waals surface area contributed by atoms with Gasteiger partial charge in [-0.25, -0.2) is 9.37 Å². The number of nitrogens with one attached hydrogen (secondary N) is 1. The minimum atomic E-state index is -0.409. The lowest BCUT2D eigenvalue weighted by Gasteiger charge is -2.03. The van der Waals surface area contributed by atoms with E-state index in [1.807, 2.05) is 19.1 Å². The summed E-state index contributed by atoms with van der Waals surface area (Å²) in [5.41, 5.74) is 2.42. The zero-order chi connectivity index (χ0) is 15.7. The average molecular weight is 296 g/mol. The summed E-state index contributed by atoms with van der Waals surface area (Å²) in [7, 11) is 0. The van der Waals surface area contributed by atoms with Crippen molar-refractivity contribution in [3.63, 3.8) is 0 Å². The Morgan fingerprint density at radius 2 is 1.91 bits per heavy atom. The first-order chi connectivity index (χ1) is 10.5. The summed E-state index contributed by atoms with van der Waals surface area (Å²) < 4.78 is 12.9. The second kappa shape index (κ2) is 5.52. The van der Waals surface area contributed by atoms with Gasteiger partial charge in [-0.3, -0.25) is 9.59 Å². The van der Waals surface area contributed by atoms with E-state index < -0.39 is 5.82 Å². The number of rotatable bonds is 3. The van der Waals surface area contributed by atoms with Crippen molar-refractivity contribution >= 4 is 16.8 Å². The fourth-order valence-electron chi connectivity index (χ4n) is 2.25. The third kappa shape index (κ3) is 2.79. The van der Waals surface area contributed by atoms with Gasteiger partial charge in [0.2, 0.25) is 0 Å². The molecule has 0 aliphatic rings. The summed E-state index contributed by atoms with van der Waals surface area (Å²) in [6.45, 7) is 1.92. The predicted octanol–water partition coefficient (Wildman–Crippen LogP) is 2.80. The standard InChI is InChI=1S/C17H13FN2O2/c1-10-2-7-13-14(8-10)20-17(22)15(19-13)9-16(21)11-3-5-12(18)6-4-11/h2-8H,9H2,1H3,(H,20,22). The van der Waals surface area contributed by atoms with E-state index in [2.05, 4.69) is 9.97 Å². The Hall–Kier alpha value is -2.82. The molecule has 0 unspecified atom stereocenters. The van der Waals surface area contributed by atoms with Crippen LogP contribution in [0.5, 0.6) is 0 Å². The molecule has 1 aromatic heterocycles. The molecule has 1 N–H and O–H groups in total. The maximum Gasteiger partial charge on any atom is 0.270 e. The molecule has 0 saturated carbocycles. The number of hydrogen-bond acceptors (Lipinski definition) is 3. The molecule has 0 radical (unpaired) electrons. The zero-order valence-corrected chi connectivity index (χ0v) is 11.9. The second-order valence-corrected chi connectivity index (χ2v) is 5.14. The third-order valence-electron chi connectivity index (χ3n) is 3.41. The van der Waals surface area contributed by atoms with Crippen LogP contribution >= 0.6 is 0 Å². The largest absolute Gasteiger partial charge is 0.319 e. The van der Waals surface area contributed by atoms with Crippen molar-refractivity contribution in [2.75, 3.05) is 0 Å². The molecule has 2 aromatic carbocycles. The summed E-state index contributed by atoms with van der Waals surface area (Å²) >= 11 is 0. The van der Waals surface area contributed by atoms with Gasteiger partial charge in [0.1, 0.15) is 11.5 Å². The Morgan fingerprint density at radius 3 is 2.64 bits per heavy atom. The van der Waals surface area contributed by atoms with Crippen LogP contribution in [0.3, 0.4) is 0 Å². The Balaban J connectivity index is 1.95. The minimum Gasteiger partial charge on any atom is -0.319 e. The fourth-order valence-corrected chi connectivity index (χ4v) is 2.25. The fraction of sp³-hybridized carbons (Fsp3) is 0.118. The minimum absolute atomic E-state index is 0.120. The van der Waals surface area contributed by atoms with Crippen LogP contribution in [0.1, 0.15) is 21.6 Å². The number of aromatic nitrogens is 2. The highest BCUT2D eigenvalue weighted by Gasteiger charge is 2.12. The monoisotopic (exact) mass is 296 g/mol. The Labute approximate surface area is 125 Å². The Morgan fingerprint density at radius 1 is 1.18 bits per heavy atom. The first kappa shape index (κ1) is 14.1. The van der Waals surface area contributed by atoms with E-state index in [1.54, 1.807) is 6.07 Å². The number of halogens is 1. The van der Waals surface area contributed by atoms with Gasteiger partial charge < -0.3 is 4.98 Å². The lowest BCUT2D eigenvalue weighted by atomic mass is 10.1. The van der Waals surface area contributed by atoms with Gasteiger partial charge in [0.15, 0.2) is 5.78 Å². The first-order valence-corrected chi connectivity index (χ1v) is 6.81. The average Bonchev–Trinajstić information content (AvgIpc) is 2.49. The van der Waals surface area contributed by atoms with Crippen molar-refractivity contribution in [3.8, 4) is 0 Å². The van der Waals surface area contributed by atoms with Gasteiger partial charge in [-0.15, -0.1) is 0 Å². The summed E-state index contributed by atoms with van der Waals surface area (Å²) in [6, 6.07) is 10.7. The van der Waals surface area contributed by atoms with Crippen LogP contribution in [-0.2, 0) is 6.42 Å². The van der Waals surface area contributed by atoms with Crippen LogP contribution in [-0.4, -0.2) is 15.8 Å². The quantitative estimate of drug-likeness (QED) is 0.756. The highest BCUT2D eigenvalue weighted by Crippen LogP contribution is 2.11. The number of aromatic amines is 1. The van der Waals surface area contributed by atoms with Crippen molar-refractivity contribution in [2.24, 2.45) is 0 Å². The number of Topliss-reactive ketones (excluding diaryl/α,β-unsaturated/α-hetero) is 1. The van der Waals surface area contributed by atoms with E-state index >= 15 is 0 Å². The highest BCUT2D eigenvalue weighted by atomic mass is 19.1. The van der Waals surface area contributed by atoms with Gasteiger partial charge in [0.25, 0.3) is 5.56 Å². The van der Waals surface area contributed by atoms with Crippen molar-refractivity contribution in [3.05, 3.63) is 75.5 Å². The number of fused-ring (bicyclic) bond motifs is 1. The molecule has 0 atom stereocenters. The van der Waals surface area contributed by atoms with Gasteiger partial charge in [-0.2, -0.15) is 0 Å². The maximum atomic E-state index is 12.9. The highest BCUT2D eigenvalue weighted by molar-refractivity contribution is 5.97. The number of H-pyrrole nitrogens is 1. The van der Waals surface area contributed by atoms with E-state index in [0.29, 0.717) is 16.6 Å². The summed E-state index contributed by atoms with van der Waals surface area (Å²) in [5, 5.41) is 0. The topological polar surface area (TPSA) is 62.8 Å². The first-order valence-electron chi connectivity index (χ1n) is 6.81. The molecule has 0 saturated heterocycles. The lowest BCUT2D eigenvalue weighted by molar-refractivity contribution is 0.0991. The molecule has 22 heavy (non-hydrogen) atoms. The molecule has 1 heterocycles. The van der Waals surface area contributed by atoms with Crippen molar-refractivity contribution in [1.29, 1.82) is 0 Å². The zero-order valence-electron chi connectivity index (χ0n) is 11.9. The number of carbonyl (C=O) groups is 1. The van der Waals surface area contributed by atoms with E-state index in [0.717, 1.165) is 5.56 Å². The van der Waals surface area contributed by atoms with Gasteiger partial charge in [0.05, 0.1) is 17.5 Å². The molecule has 110 valence electrons. The number of nitrogens with zero attached hydrogens (tertiary/aromatic N) is 1. The number of benzene rings is 2.